The van der Waals surface area contributed by atoms with E-state index in [9.17, 15) is 5.11 Å². The van der Waals surface area contributed by atoms with Crippen LogP contribution >= 0.6 is 0 Å². The molecular weight excluding hydrogens is 236 g/mol. The molecule has 2 atom stereocenters. The lowest BCUT2D eigenvalue weighted by molar-refractivity contribution is 0.0577. The summed E-state index contributed by atoms with van der Waals surface area (Å²) in [7, 11) is 0. The molecule has 0 radical (unpaired) electrons. The third-order valence-corrected chi connectivity index (χ3v) is 4.82. The van der Waals surface area contributed by atoms with E-state index in [4.69, 9.17) is 0 Å². The van der Waals surface area contributed by atoms with Crippen LogP contribution in [-0.4, -0.2) is 41.3 Å². The first-order chi connectivity index (χ1) is 9.31. The summed E-state index contributed by atoms with van der Waals surface area (Å²) in [5.74, 6) is 0. The smallest absolute Gasteiger partial charge is 0.0614 e. The van der Waals surface area contributed by atoms with E-state index in [2.05, 4.69) is 34.5 Å². The Bertz CT molecular complexity index is 408. The van der Waals surface area contributed by atoms with Crippen LogP contribution < -0.4 is 5.32 Å². The highest BCUT2D eigenvalue weighted by atomic mass is 16.3. The molecule has 3 heteroatoms. The van der Waals surface area contributed by atoms with Crippen LogP contribution in [0.25, 0.3) is 0 Å². The Morgan fingerprint density at radius 3 is 2.89 bits per heavy atom. The van der Waals surface area contributed by atoms with E-state index in [0.29, 0.717) is 6.04 Å². The lowest BCUT2D eigenvalue weighted by Crippen LogP contribution is -2.57. The highest BCUT2D eigenvalue weighted by molar-refractivity contribution is 5.15. The van der Waals surface area contributed by atoms with Gasteiger partial charge in [-0.2, -0.15) is 0 Å². The summed E-state index contributed by atoms with van der Waals surface area (Å²) >= 11 is 0. The molecular formula is C16H24N2O. The van der Waals surface area contributed by atoms with Gasteiger partial charge in [0.25, 0.3) is 0 Å². The average molecular weight is 260 g/mol. The van der Waals surface area contributed by atoms with Gasteiger partial charge in [-0.25, -0.2) is 0 Å². The second-order valence-electron chi connectivity index (χ2n) is 6.06. The van der Waals surface area contributed by atoms with Gasteiger partial charge in [-0.05, 0) is 37.8 Å². The van der Waals surface area contributed by atoms with Gasteiger partial charge in [0.05, 0.1) is 6.61 Å². The van der Waals surface area contributed by atoms with Gasteiger partial charge in [-0.3, -0.25) is 0 Å². The van der Waals surface area contributed by atoms with Gasteiger partial charge in [-0.15, -0.1) is 0 Å². The maximum absolute atomic E-state index is 9.86. The van der Waals surface area contributed by atoms with Crippen molar-refractivity contribution in [2.75, 3.05) is 19.7 Å². The molecule has 2 saturated heterocycles. The van der Waals surface area contributed by atoms with Crippen LogP contribution in [0.1, 0.15) is 31.2 Å². The molecule has 0 aromatic heterocycles. The fourth-order valence-corrected chi connectivity index (χ4v) is 3.58. The van der Waals surface area contributed by atoms with Crippen molar-refractivity contribution in [2.24, 2.45) is 0 Å². The molecule has 0 amide bonds. The second kappa shape index (κ2) is 5.61. The number of rotatable bonds is 4. The van der Waals surface area contributed by atoms with E-state index in [1.54, 1.807) is 0 Å². The minimum atomic E-state index is -0.0681. The summed E-state index contributed by atoms with van der Waals surface area (Å²) in [5.41, 5.74) is 1.23. The van der Waals surface area contributed by atoms with Gasteiger partial charge in [-0.1, -0.05) is 30.3 Å². The summed E-state index contributed by atoms with van der Waals surface area (Å²) < 4.78 is 0. The Hall–Kier alpha value is -0.900. The van der Waals surface area contributed by atoms with Crippen LogP contribution in [0.4, 0.5) is 0 Å². The van der Waals surface area contributed by atoms with Crippen LogP contribution in [-0.2, 0) is 6.54 Å². The Kier molecular flexibility index (Phi) is 3.87. The Labute approximate surface area is 115 Å². The molecule has 1 aromatic carbocycles. The number of benzene rings is 1. The minimum absolute atomic E-state index is 0.0681. The monoisotopic (exact) mass is 260 g/mol. The van der Waals surface area contributed by atoms with Crippen LogP contribution in [0.15, 0.2) is 30.3 Å². The fourth-order valence-electron chi connectivity index (χ4n) is 3.58. The van der Waals surface area contributed by atoms with Crippen LogP contribution in [0.3, 0.4) is 0 Å². The standard InChI is InChI=1S/C16H24N2O/c19-13-16(17-12-14-5-2-1-3-6-14)8-10-18-9-4-7-15(18)11-16/h1-3,5-6,15,17,19H,4,7-13H2. The molecule has 0 bridgehead atoms. The molecule has 104 valence electrons. The van der Waals surface area contributed by atoms with Gasteiger partial charge in [0.2, 0.25) is 0 Å². The Balaban J connectivity index is 1.63. The van der Waals surface area contributed by atoms with E-state index in [1.807, 2.05) is 6.07 Å². The highest BCUT2D eigenvalue weighted by Crippen LogP contribution is 2.33. The van der Waals surface area contributed by atoms with Crippen LogP contribution in [0, 0.1) is 0 Å². The predicted octanol–water partition coefficient (Wildman–Crippen LogP) is 1.77. The third-order valence-electron chi connectivity index (χ3n) is 4.82. The molecule has 0 spiro atoms. The van der Waals surface area contributed by atoms with E-state index in [1.165, 1.54) is 24.9 Å². The molecule has 0 aliphatic carbocycles. The van der Waals surface area contributed by atoms with Gasteiger partial charge in [0, 0.05) is 24.7 Å². The molecule has 3 rings (SSSR count). The van der Waals surface area contributed by atoms with Crippen molar-refractivity contribution in [3.63, 3.8) is 0 Å². The quantitative estimate of drug-likeness (QED) is 0.866. The summed E-state index contributed by atoms with van der Waals surface area (Å²) in [6, 6.07) is 11.2. The first-order valence-electron chi connectivity index (χ1n) is 7.45. The molecule has 19 heavy (non-hydrogen) atoms. The zero-order chi connectivity index (χ0) is 13.1. The molecule has 2 N–H and O–H groups in total. The Morgan fingerprint density at radius 1 is 1.26 bits per heavy atom. The van der Waals surface area contributed by atoms with Crippen molar-refractivity contribution in [2.45, 2.75) is 43.8 Å². The number of piperidine rings is 1. The van der Waals surface area contributed by atoms with Crippen molar-refractivity contribution in [1.82, 2.24) is 10.2 Å². The molecule has 2 fully saturated rings. The number of aliphatic hydroxyl groups is 1. The average Bonchev–Trinajstić information content (AvgIpc) is 2.93. The number of nitrogens with zero attached hydrogens (tertiary/aromatic N) is 1. The predicted molar refractivity (Wildman–Crippen MR) is 76.9 cm³/mol. The molecule has 0 saturated carbocycles. The zero-order valence-electron chi connectivity index (χ0n) is 11.5. The maximum Gasteiger partial charge on any atom is 0.0614 e. The first kappa shape index (κ1) is 13.1. The maximum atomic E-state index is 9.86. The molecule has 2 aliphatic heterocycles. The van der Waals surface area contributed by atoms with Crippen molar-refractivity contribution >= 4 is 0 Å². The molecule has 3 nitrogen and oxygen atoms in total. The van der Waals surface area contributed by atoms with E-state index >= 15 is 0 Å². The Morgan fingerprint density at radius 2 is 2.11 bits per heavy atom. The number of hydrogen-bond acceptors (Lipinski definition) is 3. The largest absolute Gasteiger partial charge is 0.394 e. The van der Waals surface area contributed by atoms with Crippen molar-refractivity contribution in [1.29, 1.82) is 0 Å². The second-order valence-corrected chi connectivity index (χ2v) is 6.06. The van der Waals surface area contributed by atoms with Crippen molar-refractivity contribution < 1.29 is 5.11 Å². The fraction of sp³-hybridized carbons (Fsp3) is 0.625. The van der Waals surface area contributed by atoms with E-state index in [0.717, 1.165) is 25.9 Å². The minimum Gasteiger partial charge on any atom is -0.394 e. The lowest BCUT2D eigenvalue weighted by atomic mass is 9.83. The van der Waals surface area contributed by atoms with Gasteiger partial charge < -0.3 is 15.3 Å². The van der Waals surface area contributed by atoms with E-state index < -0.39 is 0 Å². The molecule has 1 aromatic rings. The number of nitrogens with one attached hydrogen (secondary N) is 1. The molecule has 2 aliphatic rings. The lowest BCUT2D eigenvalue weighted by Gasteiger charge is -2.44. The van der Waals surface area contributed by atoms with Crippen molar-refractivity contribution in [3.8, 4) is 0 Å². The van der Waals surface area contributed by atoms with Crippen LogP contribution in [0.2, 0.25) is 0 Å². The van der Waals surface area contributed by atoms with Gasteiger partial charge in [0.15, 0.2) is 0 Å². The SMILES string of the molecule is OCC1(NCc2ccccc2)CCN2CCCC2C1. The molecule has 2 unspecified atom stereocenters. The third kappa shape index (κ3) is 2.83. The molecule has 2 heterocycles. The zero-order valence-corrected chi connectivity index (χ0v) is 11.5. The summed E-state index contributed by atoms with van der Waals surface area (Å²) in [5, 5.41) is 13.5. The number of aliphatic hydroxyl groups excluding tert-OH is 1. The normalized spacial score (nSPS) is 31.3. The summed E-state index contributed by atoms with van der Waals surface area (Å²) in [6.07, 6.45) is 4.78. The van der Waals surface area contributed by atoms with E-state index in [-0.39, 0.29) is 12.1 Å². The summed E-state index contributed by atoms with van der Waals surface area (Å²) in [6.45, 7) is 3.50. The number of hydrogen-bond donors (Lipinski definition) is 2. The van der Waals surface area contributed by atoms with Crippen molar-refractivity contribution in [3.05, 3.63) is 35.9 Å². The topological polar surface area (TPSA) is 35.5 Å². The van der Waals surface area contributed by atoms with Crippen LogP contribution in [0.5, 0.6) is 0 Å². The summed E-state index contributed by atoms with van der Waals surface area (Å²) in [4.78, 5) is 2.60. The van der Waals surface area contributed by atoms with Gasteiger partial charge in [0.1, 0.15) is 0 Å². The first-order valence-corrected chi connectivity index (χ1v) is 7.45. The highest BCUT2D eigenvalue weighted by Gasteiger charge is 2.40. The van der Waals surface area contributed by atoms with Gasteiger partial charge >= 0.3 is 0 Å². The number of fused-ring (bicyclic) bond motifs is 1.